The molecule has 0 aliphatic carbocycles. The number of rotatable bonds is 5. The number of nitrogens with one attached hydrogen (secondary N) is 1. The van der Waals surface area contributed by atoms with Crippen molar-refractivity contribution in [1.29, 1.82) is 0 Å². The van der Waals surface area contributed by atoms with E-state index in [0.717, 1.165) is 6.07 Å². The van der Waals surface area contributed by atoms with Crippen molar-refractivity contribution in [2.24, 2.45) is 0 Å². The van der Waals surface area contributed by atoms with Gasteiger partial charge in [0, 0.05) is 17.4 Å². The zero-order valence-corrected chi connectivity index (χ0v) is 16.3. The van der Waals surface area contributed by atoms with Crippen LogP contribution in [0.15, 0.2) is 36.4 Å². The lowest BCUT2D eigenvalue weighted by molar-refractivity contribution is -0.155. The maximum Gasteiger partial charge on any atom is 0.412 e. The second-order valence-corrected chi connectivity index (χ2v) is 6.93. The molecule has 31 heavy (non-hydrogen) atoms. The van der Waals surface area contributed by atoms with E-state index < -0.39 is 41.3 Å². The first-order chi connectivity index (χ1) is 14.4. The standard InChI is InChI=1S/C21H17F5N2O3/c1-3-28-16-6-10(2)13(20(30)31)7-12(16)9-17(28)19(29)27-18(21(24,25)26)11-4-5-14(22)15(23)8-11/h4-9,18H,3H2,1-2H3,(H,27,29)(H,30,31). The van der Waals surface area contributed by atoms with Gasteiger partial charge in [-0.2, -0.15) is 13.2 Å². The van der Waals surface area contributed by atoms with Gasteiger partial charge in [0.25, 0.3) is 5.91 Å². The number of nitrogens with zero attached hydrogens (tertiary/aromatic N) is 1. The number of carboxylic acids is 1. The number of aromatic carboxylic acids is 1. The highest BCUT2D eigenvalue weighted by Gasteiger charge is 2.42. The zero-order chi connectivity index (χ0) is 23.1. The molecule has 10 heteroatoms. The Labute approximate surface area is 173 Å². The second-order valence-electron chi connectivity index (χ2n) is 6.93. The number of alkyl halides is 3. The normalized spacial score (nSPS) is 12.7. The van der Waals surface area contributed by atoms with Crippen molar-refractivity contribution in [3.05, 3.63) is 70.4 Å². The molecular weight excluding hydrogens is 423 g/mol. The highest BCUT2D eigenvalue weighted by molar-refractivity contribution is 6.01. The lowest BCUT2D eigenvalue weighted by Gasteiger charge is -2.22. The highest BCUT2D eigenvalue weighted by Crippen LogP contribution is 2.34. The van der Waals surface area contributed by atoms with Crippen LogP contribution in [0.5, 0.6) is 0 Å². The van der Waals surface area contributed by atoms with E-state index in [-0.39, 0.29) is 17.8 Å². The first kappa shape index (κ1) is 22.3. The Morgan fingerprint density at radius 2 is 1.77 bits per heavy atom. The van der Waals surface area contributed by atoms with Gasteiger partial charge in [-0.15, -0.1) is 0 Å². The molecule has 0 aliphatic heterocycles. The Balaban J connectivity index is 2.05. The van der Waals surface area contributed by atoms with E-state index in [9.17, 15) is 36.6 Å². The molecule has 0 saturated carbocycles. The topological polar surface area (TPSA) is 71.3 Å². The summed E-state index contributed by atoms with van der Waals surface area (Å²) in [5, 5.41) is 11.5. The highest BCUT2D eigenvalue weighted by atomic mass is 19.4. The number of carbonyl (C=O) groups is 2. The van der Waals surface area contributed by atoms with Crippen LogP contribution in [0.25, 0.3) is 10.9 Å². The third-order valence-corrected chi connectivity index (χ3v) is 4.91. The Hall–Kier alpha value is -3.43. The summed E-state index contributed by atoms with van der Waals surface area (Å²) in [5.74, 6) is -5.06. The number of benzene rings is 2. The number of hydrogen-bond donors (Lipinski definition) is 2. The lowest BCUT2D eigenvalue weighted by atomic mass is 10.1. The predicted octanol–water partition coefficient (Wildman–Crippen LogP) is 4.98. The molecule has 0 radical (unpaired) electrons. The van der Waals surface area contributed by atoms with Gasteiger partial charge in [-0.1, -0.05) is 6.07 Å². The summed E-state index contributed by atoms with van der Waals surface area (Å²) in [6.45, 7) is 3.46. The minimum atomic E-state index is -4.98. The summed E-state index contributed by atoms with van der Waals surface area (Å²) in [6, 6.07) is 3.27. The van der Waals surface area contributed by atoms with Crippen LogP contribution in [0.3, 0.4) is 0 Å². The molecule has 0 fully saturated rings. The molecule has 1 heterocycles. The molecule has 0 saturated heterocycles. The second kappa shape index (κ2) is 8.01. The van der Waals surface area contributed by atoms with E-state index in [4.69, 9.17) is 0 Å². The van der Waals surface area contributed by atoms with E-state index in [0.29, 0.717) is 28.6 Å². The van der Waals surface area contributed by atoms with Gasteiger partial charge < -0.3 is 15.0 Å². The zero-order valence-electron chi connectivity index (χ0n) is 16.3. The van der Waals surface area contributed by atoms with Gasteiger partial charge >= 0.3 is 12.1 Å². The van der Waals surface area contributed by atoms with Crippen LogP contribution in [-0.2, 0) is 6.54 Å². The van der Waals surface area contributed by atoms with Gasteiger partial charge in [0.1, 0.15) is 5.69 Å². The Morgan fingerprint density at radius 1 is 1.10 bits per heavy atom. The average molecular weight is 440 g/mol. The third-order valence-electron chi connectivity index (χ3n) is 4.91. The number of halogens is 5. The van der Waals surface area contributed by atoms with Crippen LogP contribution < -0.4 is 5.32 Å². The van der Waals surface area contributed by atoms with E-state index in [1.165, 1.54) is 22.8 Å². The molecule has 3 rings (SSSR count). The summed E-state index contributed by atoms with van der Waals surface area (Å²) in [7, 11) is 0. The van der Waals surface area contributed by atoms with Gasteiger partial charge in [0.05, 0.1) is 5.56 Å². The van der Waals surface area contributed by atoms with Crippen molar-refractivity contribution >= 4 is 22.8 Å². The molecule has 0 bridgehead atoms. The third kappa shape index (κ3) is 4.23. The molecule has 1 unspecified atom stereocenters. The van der Waals surface area contributed by atoms with Crippen LogP contribution in [0, 0.1) is 18.6 Å². The van der Waals surface area contributed by atoms with Crippen LogP contribution in [-0.4, -0.2) is 27.7 Å². The molecule has 0 aliphatic rings. The van der Waals surface area contributed by atoms with E-state index in [1.54, 1.807) is 13.8 Å². The molecule has 2 N–H and O–H groups in total. The fourth-order valence-electron chi connectivity index (χ4n) is 3.42. The number of carbonyl (C=O) groups excluding carboxylic acids is 1. The number of hydrogen-bond acceptors (Lipinski definition) is 2. The van der Waals surface area contributed by atoms with E-state index >= 15 is 0 Å². The summed E-state index contributed by atoms with van der Waals surface area (Å²) < 4.78 is 68.8. The van der Waals surface area contributed by atoms with Crippen molar-refractivity contribution in [3.8, 4) is 0 Å². The predicted molar refractivity (Wildman–Crippen MR) is 102 cm³/mol. The van der Waals surface area contributed by atoms with Crippen molar-refractivity contribution in [2.75, 3.05) is 0 Å². The SMILES string of the molecule is CCn1c(C(=O)NC(c2ccc(F)c(F)c2)C(F)(F)F)cc2cc(C(=O)O)c(C)cc21. The van der Waals surface area contributed by atoms with Crippen molar-refractivity contribution in [3.63, 3.8) is 0 Å². The Morgan fingerprint density at radius 3 is 2.32 bits per heavy atom. The van der Waals surface area contributed by atoms with Crippen LogP contribution in [0.4, 0.5) is 22.0 Å². The van der Waals surface area contributed by atoms with Crippen LogP contribution in [0.1, 0.15) is 44.9 Å². The molecule has 1 amide bonds. The Kier molecular flexibility index (Phi) is 5.75. The average Bonchev–Trinajstić information content (AvgIpc) is 3.04. The fraction of sp³-hybridized carbons (Fsp3) is 0.238. The number of fused-ring (bicyclic) bond motifs is 1. The van der Waals surface area contributed by atoms with Crippen molar-refractivity contribution < 1.29 is 36.6 Å². The van der Waals surface area contributed by atoms with Crippen LogP contribution in [0.2, 0.25) is 0 Å². The lowest BCUT2D eigenvalue weighted by Crippen LogP contribution is -2.39. The van der Waals surface area contributed by atoms with E-state index in [1.807, 2.05) is 5.32 Å². The molecular formula is C21H17F5N2O3. The van der Waals surface area contributed by atoms with Crippen molar-refractivity contribution in [1.82, 2.24) is 9.88 Å². The molecule has 5 nitrogen and oxygen atoms in total. The van der Waals surface area contributed by atoms with Gasteiger partial charge in [-0.05, 0) is 55.3 Å². The molecule has 1 aromatic heterocycles. The largest absolute Gasteiger partial charge is 0.478 e. The summed E-state index contributed by atoms with van der Waals surface area (Å²) in [5.41, 5.74) is 0.114. The van der Waals surface area contributed by atoms with Gasteiger partial charge in [0.15, 0.2) is 17.7 Å². The summed E-state index contributed by atoms with van der Waals surface area (Å²) in [4.78, 5) is 24.1. The fourth-order valence-corrected chi connectivity index (χ4v) is 3.42. The smallest absolute Gasteiger partial charge is 0.412 e. The first-order valence-corrected chi connectivity index (χ1v) is 9.13. The quantitative estimate of drug-likeness (QED) is 0.550. The molecule has 2 aromatic carbocycles. The maximum atomic E-state index is 13.6. The first-order valence-electron chi connectivity index (χ1n) is 9.13. The monoisotopic (exact) mass is 440 g/mol. The summed E-state index contributed by atoms with van der Waals surface area (Å²) in [6.07, 6.45) is -4.98. The maximum absolute atomic E-state index is 13.6. The minimum absolute atomic E-state index is 0.00247. The molecule has 3 aromatic rings. The van der Waals surface area contributed by atoms with Gasteiger partial charge in [0.2, 0.25) is 0 Å². The van der Waals surface area contributed by atoms with Gasteiger partial charge in [-0.25, -0.2) is 13.6 Å². The van der Waals surface area contributed by atoms with Crippen LogP contribution >= 0.6 is 0 Å². The summed E-state index contributed by atoms with van der Waals surface area (Å²) >= 11 is 0. The number of carboxylic acid groups (broad SMARTS) is 1. The Bertz CT molecular complexity index is 1180. The number of amides is 1. The molecule has 164 valence electrons. The minimum Gasteiger partial charge on any atom is -0.478 e. The number of aromatic nitrogens is 1. The molecule has 1 atom stereocenters. The van der Waals surface area contributed by atoms with Gasteiger partial charge in [-0.3, -0.25) is 4.79 Å². The molecule has 0 spiro atoms. The van der Waals surface area contributed by atoms with Crippen molar-refractivity contribution in [2.45, 2.75) is 32.6 Å². The number of aryl methyl sites for hydroxylation is 2. The van der Waals surface area contributed by atoms with E-state index in [2.05, 4.69) is 0 Å².